The molecule has 1 unspecified atom stereocenters. The number of carbonyl (C=O) groups excluding carboxylic acids is 1. The van der Waals surface area contributed by atoms with Crippen molar-refractivity contribution in [2.75, 3.05) is 26.4 Å². The predicted octanol–water partition coefficient (Wildman–Crippen LogP) is 4.65. The number of hydrogen-bond donors (Lipinski definition) is 2. The first-order valence-corrected chi connectivity index (χ1v) is 9.07. The summed E-state index contributed by atoms with van der Waals surface area (Å²) >= 11 is 0. The van der Waals surface area contributed by atoms with Crippen molar-refractivity contribution < 1.29 is 16.1 Å². The van der Waals surface area contributed by atoms with Crippen LogP contribution in [0.2, 0.25) is 0 Å². The molecule has 2 N–H and O–H groups in total. The molecule has 4 heteroatoms. The van der Waals surface area contributed by atoms with Crippen LogP contribution in [0, 0.1) is 5.41 Å². The van der Waals surface area contributed by atoms with Crippen molar-refractivity contribution in [3.8, 4) is 0 Å². The van der Waals surface area contributed by atoms with Gasteiger partial charge in [-0.2, -0.15) is 0 Å². The molecule has 0 aromatic carbocycles. The number of aliphatic hydroxyl groups is 1. The number of ether oxygens (including phenoxy) is 1. The Morgan fingerprint density at radius 1 is 1.09 bits per heavy atom. The van der Waals surface area contributed by atoms with Gasteiger partial charge in [0.15, 0.2) is 0 Å². The average Bonchev–Trinajstić information content (AvgIpc) is 2.57. The summed E-state index contributed by atoms with van der Waals surface area (Å²) in [5, 5.41) is 11.8. The standard InChI is InChI=1S/C12H25NO3.3C2H6.H2/c1-4-6-12(3,7-9-14)11(15)13-8-10-16-5-2;3*1-2;/h14H,4-10H2,1-3H3,(H,13,15);3*1-2H3;1H. The van der Waals surface area contributed by atoms with Gasteiger partial charge >= 0.3 is 0 Å². The summed E-state index contributed by atoms with van der Waals surface area (Å²) in [7, 11) is 0. The molecule has 1 amide bonds. The molecule has 22 heavy (non-hydrogen) atoms. The van der Waals surface area contributed by atoms with Gasteiger partial charge in [0, 0.05) is 26.6 Å². The minimum Gasteiger partial charge on any atom is -0.396 e. The molecule has 0 fully saturated rings. The fourth-order valence-corrected chi connectivity index (χ4v) is 1.75. The highest BCUT2D eigenvalue weighted by Gasteiger charge is 2.31. The van der Waals surface area contributed by atoms with Crippen molar-refractivity contribution in [1.82, 2.24) is 5.32 Å². The monoisotopic (exact) mass is 323 g/mol. The minimum atomic E-state index is -0.449. The fourth-order valence-electron chi connectivity index (χ4n) is 1.75. The van der Waals surface area contributed by atoms with Crippen molar-refractivity contribution >= 4 is 5.91 Å². The van der Waals surface area contributed by atoms with Crippen LogP contribution < -0.4 is 5.32 Å². The Morgan fingerprint density at radius 3 is 1.95 bits per heavy atom. The Kier molecular flexibility index (Phi) is 33.9. The fraction of sp³-hybridized carbons (Fsp3) is 0.944. The summed E-state index contributed by atoms with van der Waals surface area (Å²) in [6, 6.07) is 0. The molecule has 0 bridgehead atoms. The van der Waals surface area contributed by atoms with Gasteiger partial charge in [0.1, 0.15) is 0 Å². The van der Waals surface area contributed by atoms with Gasteiger partial charge in [-0.05, 0) is 19.8 Å². The molecule has 0 aliphatic rings. The summed E-state index contributed by atoms with van der Waals surface area (Å²) in [5.41, 5.74) is -0.449. The third-order valence-corrected chi connectivity index (χ3v) is 2.75. The lowest BCUT2D eigenvalue weighted by atomic mass is 9.81. The van der Waals surface area contributed by atoms with Gasteiger partial charge < -0.3 is 15.2 Å². The Balaban J connectivity index is -0.000000137. The molecule has 0 heterocycles. The van der Waals surface area contributed by atoms with Crippen molar-refractivity contribution in [3.05, 3.63) is 0 Å². The number of nitrogens with one attached hydrogen (secondary N) is 1. The van der Waals surface area contributed by atoms with Crippen molar-refractivity contribution in [2.45, 2.75) is 81.6 Å². The van der Waals surface area contributed by atoms with E-state index in [4.69, 9.17) is 9.84 Å². The number of carbonyl (C=O) groups is 1. The van der Waals surface area contributed by atoms with E-state index in [0.717, 1.165) is 12.8 Å². The van der Waals surface area contributed by atoms with Gasteiger partial charge in [-0.1, -0.05) is 61.8 Å². The highest BCUT2D eigenvalue weighted by molar-refractivity contribution is 5.82. The molecule has 1 atom stereocenters. The van der Waals surface area contributed by atoms with Crippen LogP contribution in [0.3, 0.4) is 0 Å². The molecule has 4 nitrogen and oxygen atoms in total. The molecule has 0 aromatic heterocycles. The van der Waals surface area contributed by atoms with Crippen molar-refractivity contribution in [2.24, 2.45) is 5.41 Å². The van der Waals surface area contributed by atoms with Crippen LogP contribution in [0.1, 0.15) is 83.0 Å². The van der Waals surface area contributed by atoms with Crippen LogP contribution in [-0.2, 0) is 9.53 Å². The quantitative estimate of drug-likeness (QED) is 0.607. The number of amides is 1. The van der Waals surface area contributed by atoms with Crippen LogP contribution in [0.4, 0.5) is 0 Å². The third kappa shape index (κ3) is 17.4. The summed E-state index contributed by atoms with van der Waals surface area (Å²) in [4.78, 5) is 11.9. The molecule has 0 spiro atoms. The van der Waals surface area contributed by atoms with Gasteiger partial charge in [-0.15, -0.1) is 0 Å². The van der Waals surface area contributed by atoms with Crippen molar-refractivity contribution in [1.29, 1.82) is 0 Å². The Bertz CT molecular complexity index is 197. The second-order valence-corrected chi connectivity index (χ2v) is 4.24. The summed E-state index contributed by atoms with van der Waals surface area (Å²) in [6.07, 6.45) is 2.25. The molecule has 0 radical (unpaired) electrons. The maximum Gasteiger partial charge on any atom is 0.226 e. The normalized spacial score (nSPS) is 11.4. The van der Waals surface area contributed by atoms with Crippen LogP contribution in [0.15, 0.2) is 0 Å². The maximum atomic E-state index is 11.9. The van der Waals surface area contributed by atoms with Crippen LogP contribution in [0.5, 0.6) is 0 Å². The highest BCUT2D eigenvalue weighted by atomic mass is 16.5. The topological polar surface area (TPSA) is 58.6 Å². The predicted molar refractivity (Wildman–Crippen MR) is 100 cm³/mol. The lowest BCUT2D eigenvalue weighted by Crippen LogP contribution is -2.41. The van der Waals surface area contributed by atoms with Gasteiger partial charge in [0.25, 0.3) is 0 Å². The van der Waals surface area contributed by atoms with Crippen molar-refractivity contribution in [3.63, 3.8) is 0 Å². The first-order valence-electron chi connectivity index (χ1n) is 9.07. The van der Waals surface area contributed by atoms with Crippen LogP contribution >= 0.6 is 0 Å². The second-order valence-electron chi connectivity index (χ2n) is 4.24. The number of hydrogen-bond acceptors (Lipinski definition) is 3. The average molecular weight is 324 g/mol. The second kappa shape index (κ2) is 25.3. The molecule has 0 saturated carbocycles. The van der Waals surface area contributed by atoms with E-state index in [2.05, 4.69) is 5.32 Å². The van der Waals surface area contributed by atoms with E-state index in [-0.39, 0.29) is 13.9 Å². The van der Waals surface area contributed by atoms with Gasteiger partial charge in [-0.25, -0.2) is 0 Å². The molecule has 0 aliphatic heterocycles. The summed E-state index contributed by atoms with van der Waals surface area (Å²) in [6.45, 7) is 19.7. The largest absolute Gasteiger partial charge is 0.396 e. The summed E-state index contributed by atoms with van der Waals surface area (Å²) < 4.78 is 5.15. The van der Waals surface area contributed by atoms with Crippen LogP contribution in [-0.4, -0.2) is 37.4 Å². The smallest absolute Gasteiger partial charge is 0.226 e. The Hall–Kier alpha value is -0.610. The zero-order valence-corrected chi connectivity index (χ0v) is 16.7. The molecular weight excluding hydrogens is 278 g/mol. The zero-order valence-electron chi connectivity index (χ0n) is 16.7. The first kappa shape index (κ1) is 29.4. The molecule has 0 aliphatic carbocycles. The van der Waals surface area contributed by atoms with E-state index >= 15 is 0 Å². The van der Waals surface area contributed by atoms with E-state index in [9.17, 15) is 4.79 Å². The molecule has 0 saturated heterocycles. The minimum absolute atomic E-state index is 0. The number of aliphatic hydroxyl groups excluding tert-OH is 1. The van der Waals surface area contributed by atoms with Gasteiger partial charge in [0.05, 0.1) is 6.61 Å². The van der Waals surface area contributed by atoms with Crippen LogP contribution in [0.25, 0.3) is 0 Å². The van der Waals surface area contributed by atoms with E-state index in [1.54, 1.807) is 0 Å². The van der Waals surface area contributed by atoms with Gasteiger partial charge in [-0.3, -0.25) is 4.79 Å². The lowest BCUT2D eigenvalue weighted by molar-refractivity contribution is -0.131. The molecule has 140 valence electrons. The molecular formula is C18H45NO3. The summed E-state index contributed by atoms with van der Waals surface area (Å²) in [5.74, 6) is 0.0168. The first-order chi connectivity index (χ1) is 10.6. The number of rotatable bonds is 9. The highest BCUT2D eigenvalue weighted by Crippen LogP contribution is 2.27. The van der Waals surface area contributed by atoms with E-state index in [1.807, 2.05) is 62.3 Å². The SMILES string of the molecule is CC.CC.CC.CCCC(C)(CCO)C(=O)NCCOCC.[HH]. The molecule has 0 rings (SSSR count). The Morgan fingerprint density at radius 2 is 1.59 bits per heavy atom. The zero-order chi connectivity index (χ0) is 18.4. The maximum absolute atomic E-state index is 11.9. The van der Waals surface area contributed by atoms with E-state index < -0.39 is 5.41 Å². The van der Waals surface area contributed by atoms with E-state index in [0.29, 0.717) is 26.2 Å². The third-order valence-electron chi connectivity index (χ3n) is 2.75. The lowest BCUT2D eigenvalue weighted by Gasteiger charge is -2.27. The Labute approximate surface area is 141 Å². The van der Waals surface area contributed by atoms with Gasteiger partial charge in [0.2, 0.25) is 5.91 Å². The van der Waals surface area contributed by atoms with E-state index in [1.165, 1.54) is 0 Å². The molecule has 0 aromatic rings.